The summed E-state index contributed by atoms with van der Waals surface area (Å²) in [6.45, 7) is 3.81. The van der Waals surface area contributed by atoms with Crippen LogP contribution < -0.4 is 5.73 Å². The van der Waals surface area contributed by atoms with Gasteiger partial charge >= 0.3 is 6.18 Å². The second kappa shape index (κ2) is 6.01. The molecule has 112 valence electrons. The van der Waals surface area contributed by atoms with Crippen molar-refractivity contribution in [2.24, 2.45) is 0 Å². The predicted molar refractivity (Wildman–Crippen MR) is 73.2 cm³/mol. The van der Waals surface area contributed by atoms with Crippen molar-refractivity contribution < 1.29 is 13.2 Å². The first-order valence-electron chi connectivity index (χ1n) is 6.73. The standard InChI is InChI=1S/C14H20F3N3/c1-19-5-2-6-20(8-7-19)10-11-3-4-12(18)9-13(11)14(15,16)17/h3-4,9H,2,5-8,10,18H2,1H3. The van der Waals surface area contributed by atoms with Crippen molar-refractivity contribution in [1.29, 1.82) is 0 Å². The van der Waals surface area contributed by atoms with E-state index < -0.39 is 11.7 Å². The van der Waals surface area contributed by atoms with Gasteiger partial charge in [0.25, 0.3) is 0 Å². The van der Waals surface area contributed by atoms with Gasteiger partial charge in [-0.25, -0.2) is 0 Å². The van der Waals surface area contributed by atoms with Crippen molar-refractivity contribution in [2.45, 2.75) is 19.1 Å². The first-order valence-corrected chi connectivity index (χ1v) is 6.73. The number of halogens is 3. The molecule has 1 heterocycles. The average molecular weight is 287 g/mol. The van der Waals surface area contributed by atoms with Crippen LogP contribution in [0.15, 0.2) is 18.2 Å². The van der Waals surface area contributed by atoms with Crippen LogP contribution in [0, 0.1) is 0 Å². The molecule has 1 aliphatic rings. The quantitative estimate of drug-likeness (QED) is 0.848. The molecule has 20 heavy (non-hydrogen) atoms. The van der Waals surface area contributed by atoms with Gasteiger partial charge in [-0.05, 0) is 44.3 Å². The lowest BCUT2D eigenvalue weighted by Crippen LogP contribution is -2.29. The van der Waals surface area contributed by atoms with Gasteiger partial charge in [-0.2, -0.15) is 13.2 Å². The molecule has 0 spiro atoms. The van der Waals surface area contributed by atoms with Crippen LogP contribution >= 0.6 is 0 Å². The maximum absolute atomic E-state index is 13.0. The van der Waals surface area contributed by atoms with Gasteiger partial charge in [0.1, 0.15) is 0 Å². The molecule has 0 atom stereocenters. The highest BCUT2D eigenvalue weighted by Gasteiger charge is 2.33. The topological polar surface area (TPSA) is 32.5 Å². The Morgan fingerprint density at radius 3 is 2.60 bits per heavy atom. The zero-order valence-corrected chi connectivity index (χ0v) is 11.6. The molecule has 0 aliphatic carbocycles. The highest BCUT2D eigenvalue weighted by atomic mass is 19.4. The Morgan fingerprint density at radius 1 is 1.15 bits per heavy atom. The number of hydrogen-bond donors (Lipinski definition) is 1. The molecule has 0 aromatic heterocycles. The first kappa shape index (κ1) is 15.1. The third kappa shape index (κ3) is 3.86. The van der Waals surface area contributed by atoms with E-state index in [1.807, 2.05) is 7.05 Å². The predicted octanol–water partition coefficient (Wildman–Crippen LogP) is 2.43. The smallest absolute Gasteiger partial charge is 0.399 e. The third-order valence-corrected chi connectivity index (χ3v) is 3.65. The van der Waals surface area contributed by atoms with E-state index in [-0.39, 0.29) is 5.69 Å². The first-order chi connectivity index (χ1) is 9.36. The number of benzene rings is 1. The minimum Gasteiger partial charge on any atom is -0.399 e. The number of alkyl halides is 3. The Hall–Kier alpha value is -1.27. The normalized spacial score (nSPS) is 19.0. The third-order valence-electron chi connectivity index (χ3n) is 3.65. The molecule has 0 amide bonds. The maximum Gasteiger partial charge on any atom is 0.416 e. The fourth-order valence-corrected chi connectivity index (χ4v) is 2.49. The summed E-state index contributed by atoms with van der Waals surface area (Å²) in [4.78, 5) is 4.28. The van der Waals surface area contributed by atoms with Crippen molar-refractivity contribution in [3.05, 3.63) is 29.3 Å². The highest BCUT2D eigenvalue weighted by Crippen LogP contribution is 2.33. The van der Waals surface area contributed by atoms with Gasteiger partial charge in [0.05, 0.1) is 5.56 Å². The fourth-order valence-electron chi connectivity index (χ4n) is 2.49. The largest absolute Gasteiger partial charge is 0.416 e. The average Bonchev–Trinajstić information content (AvgIpc) is 2.55. The van der Waals surface area contributed by atoms with Gasteiger partial charge in [0, 0.05) is 25.3 Å². The lowest BCUT2D eigenvalue weighted by Gasteiger charge is -2.22. The number of likely N-dealkylation sites (N-methyl/N-ethyl adjacent to an activating group) is 1. The van der Waals surface area contributed by atoms with Gasteiger partial charge in [0.15, 0.2) is 0 Å². The van der Waals surface area contributed by atoms with Crippen molar-refractivity contribution in [1.82, 2.24) is 9.80 Å². The second-order valence-corrected chi connectivity index (χ2v) is 5.35. The van der Waals surface area contributed by atoms with Crippen molar-refractivity contribution in [3.63, 3.8) is 0 Å². The van der Waals surface area contributed by atoms with E-state index in [1.54, 1.807) is 0 Å². The summed E-state index contributed by atoms with van der Waals surface area (Å²) in [6.07, 6.45) is -3.37. The molecule has 1 aromatic carbocycles. The monoisotopic (exact) mass is 287 g/mol. The van der Waals surface area contributed by atoms with E-state index in [2.05, 4.69) is 9.80 Å². The van der Waals surface area contributed by atoms with Crippen LogP contribution in [0.3, 0.4) is 0 Å². The van der Waals surface area contributed by atoms with Crippen LogP contribution in [0.2, 0.25) is 0 Å². The number of rotatable bonds is 2. The van der Waals surface area contributed by atoms with Crippen molar-refractivity contribution in [2.75, 3.05) is 39.0 Å². The van der Waals surface area contributed by atoms with Gasteiger partial charge in [0.2, 0.25) is 0 Å². The van der Waals surface area contributed by atoms with E-state index in [1.165, 1.54) is 12.1 Å². The molecule has 1 saturated heterocycles. The molecule has 0 saturated carbocycles. The van der Waals surface area contributed by atoms with E-state index in [4.69, 9.17) is 5.73 Å². The van der Waals surface area contributed by atoms with Crippen LogP contribution in [0.25, 0.3) is 0 Å². The van der Waals surface area contributed by atoms with Gasteiger partial charge in [-0.3, -0.25) is 4.90 Å². The molecular weight excluding hydrogens is 267 g/mol. The zero-order valence-electron chi connectivity index (χ0n) is 11.6. The Kier molecular flexibility index (Phi) is 4.55. The SMILES string of the molecule is CN1CCCN(Cc2ccc(N)cc2C(F)(F)F)CC1. The molecule has 1 fully saturated rings. The van der Waals surface area contributed by atoms with Crippen LogP contribution in [-0.2, 0) is 12.7 Å². The molecule has 1 aromatic rings. The Labute approximate surface area is 117 Å². The molecular formula is C14H20F3N3. The maximum atomic E-state index is 13.0. The number of anilines is 1. The summed E-state index contributed by atoms with van der Waals surface area (Å²) in [5.41, 5.74) is 5.32. The number of nitrogen functional groups attached to an aromatic ring is 1. The zero-order chi connectivity index (χ0) is 14.8. The minimum absolute atomic E-state index is 0.150. The molecule has 3 nitrogen and oxygen atoms in total. The molecule has 2 N–H and O–H groups in total. The second-order valence-electron chi connectivity index (χ2n) is 5.35. The van der Waals surface area contributed by atoms with E-state index in [9.17, 15) is 13.2 Å². The molecule has 0 radical (unpaired) electrons. The minimum atomic E-state index is -4.35. The van der Waals surface area contributed by atoms with Crippen LogP contribution in [0.1, 0.15) is 17.5 Å². The van der Waals surface area contributed by atoms with Gasteiger partial charge < -0.3 is 10.6 Å². The number of hydrogen-bond acceptors (Lipinski definition) is 3. The molecule has 0 bridgehead atoms. The summed E-state index contributed by atoms with van der Waals surface area (Å²) in [6, 6.07) is 4.06. The van der Waals surface area contributed by atoms with Gasteiger partial charge in [-0.1, -0.05) is 6.07 Å². The summed E-state index contributed by atoms with van der Waals surface area (Å²) >= 11 is 0. The molecule has 1 aliphatic heterocycles. The van der Waals surface area contributed by atoms with Crippen molar-refractivity contribution in [3.8, 4) is 0 Å². The van der Waals surface area contributed by atoms with E-state index in [0.29, 0.717) is 12.1 Å². The van der Waals surface area contributed by atoms with Crippen molar-refractivity contribution >= 4 is 5.69 Å². The van der Waals surface area contributed by atoms with Crippen LogP contribution in [0.4, 0.5) is 18.9 Å². The summed E-state index contributed by atoms with van der Waals surface area (Å²) in [5, 5.41) is 0. The Balaban J connectivity index is 2.16. The van der Waals surface area contributed by atoms with Gasteiger partial charge in [-0.15, -0.1) is 0 Å². The Morgan fingerprint density at radius 2 is 1.90 bits per heavy atom. The van der Waals surface area contributed by atoms with E-state index in [0.717, 1.165) is 38.7 Å². The molecule has 2 rings (SSSR count). The highest BCUT2D eigenvalue weighted by molar-refractivity contribution is 5.46. The van der Waals surface area contributed by atoms with E-state index >= 15 is 0 Å². The lowest BCUT2D eigenvalue weighted by atomic mass is 10.1. The summed E-state index contributed by atoms with van der Waals surface area (Å²) in [7, 11) is 2.04. The van der Waals surface area contributed by atoms with Crippen LogP contribution in [-0.4, -0.2) is 43.0 Å². The summed E-state index contributed by atoms with van der Waals surface area (Å²) < 4.78 is 39.1. The number of nitrogens with two attached hydrogens (primary N) is 1. The Bertz CT molecular complexity index is 459. The summed E-state index contributed by atoms with van der Waals surface area (Å²) in [5.74, 6) is 0. The fraction of sp³-hybridized carbons (Fsp3) is 0.571. The molecule has 6 heteroatoms. The molecule has 0 unspecified atom stereocenters. The van der Waals surface area contributed by atoms with Crippen LogP contribution in [0.5, 0.6) is 0 Å². The number of nitrogens with zero attached hydrogens (tertiary/aromatic N) is 2. The lowest BCUT2D eigenvalue weighted by molar-refractivity contribution is -0.138.